The average molecular weight is 348 g/mol. The lowest BCUT2D eigenvalue weighted by molar-refractivity contribution is -0.158. The van der Waals surface area contributed by atoms with Crippen LogP contribution in [-0.4, -0.2) is 47.1 Å². The highest BCUT2D eigenvalue weighted by atomic mass is 16.6. The second-order valence-electron chi connectivity index (χ2n) is 7.30. The van der Waals surface area contributed by atoms with Crippen molar-refractivity contribution >= 4 is 11.9 Å². The van der Waals surface area contributed by atoms with Crippen molar-refractivity contribution in [3.05, 3.63) is 36.5 Å². The Morgan fingerprint density at radius 3 is 2.68 bits per heavy atom. The van der Waals surface area contributed by atoms with Crippen molar-refractivity contribution in [3.8, 4) is 0 Å². The molecule has 3 aliphatic rings. The molecule has 0 bridgehead atoms. The van der Waals surface area contributed by atoms with Gasteiger partial charge >= 0.3 is 11.9 Å². The highest BCUT2D eigenvalue weighted by Gasteiger charge is 2.56. The van der Waals surface area contributed by atoms with Gasteiger partial charge in [0.15, 0.2) is 0 Å². The van der Waals surface area contributed by atoms with Gasteiger partial charge in [0.05, 0.1) is 24.5 Å². The minimum atomic E-state index is -0.659. The predicted molar refractivity (Wildman–Crippen MR) is 89.1 cm³/mol. The van der Waals surface area contributed by atoms with Crippen molar-refractivity contribution in [2.75, 3.05) is 6.61 Å². The average Bonchev–Trinajstić information content (AvgIpc) is 2.99. The number of rotatable bonds is 3. The van der Waals surface area contributed by atoms with Gasteiger partial charge < -0.3 is 19.7 Å². The lowest BCUT2D eigenvalue weighted by Gasteiger charge is -2.28. The second-order valence-corrected chi connectivity index (χ2v) is 7.30. The summed E-state index contributed by atoms with van der Waals surface area (Å²) in [5.41, 5.74) is 1.73. The summed E-state index contributed by atoms with van der Waals surface area (Å²) in [5.74, 6) is -2.53. The number of hydrogen-bond donors (Lipinski definition) is 2. The van der Waals surface area contributed by atoms with Crippen molar-refractivity contribution in [2.24, 2.45) is 23.7 Å². The maximum Gasteiger partial charge on any atom is 0.334 e. The van der Waals surface area contributed by atoms with Gasteiger partial charge in [-0.25, -0.2) is 4.79 Å². The molecule has 0 amide bonds. The summed E-state index contributed by atoms with van der Waals surface area (Å²) in [6.45, 7) is 13.2. The normalized spacial score (nSPS) is 38.7. The van der Waals surface area contributed by atoms with Crippen LogP contribution in [0.2, 0.25) is 0 Å². The van der Waals surface area contributed by atoms with Crippen LogP contribution in [0.15, 0.2) is 36.5 Å². The number of ether oxygens (including phenoxy) is 2. The van der Waals surface area contributed by atoms with Crippen LogP contribution in [0.25, 0.3) is 0 Å². The zero-order chi connectivity index (χ0) is 18.5. The van der Waals surface area contributed by atoms with E-state index in [0.29, 0.717) is 18.4 Å². The molecule has 2 saturated carbocycles. The number of hydrogen-bond acceptors (Lipinski definition) is 6. The number of aliphatic hydroxyl groups excluding tert-OH is 2. The zero-order valence-corrected chi connectivity index (χ0v) is 14.3. The first-order valence-corrected chi connectivity index (χ1v) is 8.51. The van der Waals surface area contributed by atoms with Gasteiger partial charge in [-0.2, -0.15) is 0 Å². The van der Waals surface area contributed by atoms with Crippen molar-refractivity contribution in [1.29, 1.82) is 0 Å². The van der Waals surface area contributed by atoms with E-state index in [-0.39, 0.29) is 24.0 Å². The number of esters is 2. The lowest BCUT2D eigenvalue weighted by Crippen LogP contribution is -2.37. The Morgan fingerprint density at radius 1 is 1.36 bits per heavy atom. The molecule has 0 spiro atoms. The summed E-state index contributed by atoms with van der Waals surface area (Å²) < 4.78 is 11.2. The second kappa shape index (κ2) is 6.42. The molecule has 7 atom stereocenters. The number of carbonyl (C=O) groups excluding carboxylic acids is 2. The molecule has 0 radical (unpaired) electrons. The highest BCUT2D eigenvalue weighted by molar-refractivity contribution is 5.91. The molecule has 2 aliphatic carbocycles. The Kier molecular flexibility index (Phi) is 4.60. The van der Waals surface area contributed by atoms with Gasteiger partial charge in [-0.3, -0.25) is 4.79 Å². The van der Waals surface area contributed by atoms with Crippen LogP contribution in [-0.2, 0) is 19.1 Å². The van der Waals surface area contributed by atoms with Crippen LogP contribution in [0.3, 0.4) is 0 Å². The van der Waals surface area contributed by atoms with Crippen LogP contribution in [0.5, 0.6) is 0 Å². The first-order valence-electron chi connectivity index (χ1n) is 8.51. The van der Waals surface area contributed by atoms with Crippen molar-refractivity contribution in [2.45, 2.75) is 38.1 Å². The van der Waals surface area contributed by atoms with E-state index in [9.17, 15) is 14.7 Å². The van der Waals surface area contributed by atoms with Crippen molar-refractivity contribution in [1.82, 2.24) is 0 Å². The smallest absolute Gasteiger partial charge is 0.334 e. The first-order chi connectivity index (χ1) is 11.8. The van der Waals surface area contributed by atoms with E-state index < -0.39 is 42.1 Å². The molecule has 25 heavy (non-hydrogen) atoms. The molecule has 6 nitrogen and oxygen atoms in total. The monoisotopic (exact) mass is 348 g/mol. The minimum absolute atomic E-state index is 0.0762. The van der Waals surface area contributed by atoms with Gasteiger partial charge in [-0.05, 0) is 24.8 Å². The molecule has 0 aromatic rings. The van der Waals surface area contributed by atoms with E-state index in [4.69, 9.17) is 14.6 Å². The largest absolute Gasteiger partial charge is 0.461 e. The molecule has 0 aromatic heterocycles. The molecule has 1 saturated heterocycles. The lowest BCUT2D eigenvalue weighted by atomic mass is 9.81. The van der Waals surface area contributed by atoms with E-state index in [1.807, 2.05) is 0 Å². The molecular weight excluding hydrogens is 324 g/mol. The van der Waals surface area contributed by atoms with Gasteiger partial charge in [0.25, 0.3) is 0 Å². The standard InChI is InChI=1S/C19H24O6/c1-8-5-14(24-18(22)9(2)7-20)16-11(4)19(23)25-17(16)15-10(3)13(21)6-12(8)15/h9,12-17,20-21H,1,3-7H2,2H3/t9-,12-,13-,14-,15-,16+,17+/m0/s1. The fourth-order valence-corrected chi connectivity index (χ4v) is 4.21. The maximum atomic E-state index is 12.2. The van der Waals surface area contributed by atoms with E-state index in [1.165, 1.54) is 0 Å². The van der Waals surface area contributed by atoms with Gasteiger partial charge in [-0.15, -0.1) is 0 Å². The Labute approximate surface area is 146 Å². The maximum absolute atomic E-state index is 12.2. The summed E-state index contributed by atoms with van der Waals surface area (Å²) in [4.78, 5) is 24.3. The van der Waals surface area contributed by atoms with Crippen LogP contribution >= 0.6 is 0 Å². The third kappa shape index (κ3) is 2.83. The quantitative estimate of drug-likeness (QED) is 0.451. The van der Waals surface area contributed by atoms with E-state index >= 15 is 0 Å². The Bertz CT molecular complexity index is 650. The number of aliphatic hydroxyl groups is 2. The van der Waals surface area contributed by atoms with Crippen LogP contribution < -0.4 is 0 Å². The third-order valence-corrected chi connectivity index (χ3v) is 5.71. The molecule has 3 fully saturated rings. The summed E-state index contributed by atoms with van der Waals surface area (Å²) >= 11 is 0. The molecule has 6 heteroatoms. The first kappa shape index (κ1) is 17.9. The molecule has 3 rings (SSSR count). The molecule has 136 valence electrons. The van der Waals surface area contributed by atoms with Gasteiger partial charge in [0.1, 0.15) is 12.2 Å². The zero-order valence-electron chi connectivity index (χ0n) is 14.3. The van der Waals surface area contributed by atoms with Gasteiger partial charge in [0.2, 0.25) is 0 Å². The van der Waals surface area contributed by atoms with Crippen LogP contribution in [0, 0.1) is 23.7 Å². The Hall–Kier alpha value is -1.92. The number of carbonyl (C=O) groups is 2. The van der Waals surface area contributed by atoms with Crippen LogP contribution in [0.4, 0.5) is 0 Å². The molecule has 0 aromatic carbocycles. The SMILES string of the molecule is C=C1C(=O)O[C@@H]2[C@H]3C(=C)[C@@H](O)C[C@H]3C(=C)C[C@H](OC(=O)[C@@H](C)CO)[C@@H]12. The van der Waals surface area contributed by atoms with Crippen LogP contribution in [0.1, 0.15) is 19.8 Å². The van der Waals surface area contributed by atoms with E-state index in [0.717, 1.165) is 5.57 Å². The van der Waals surface area contributed by atoms with Crippen molar-refractivity contribution < 1.29 is 29.3 Å². The molecule has 1 heterocycles. The predicted octanol–water partition coefficient (Wildman–Crippen LogP) is 1.14. The van der Waals surface area contributed by atoms with E-state index in [2.05, 4.69) is 19.7 Å². The van der Waals surface area contributed by atoms with Gasteiger partial charge in [0, 0.05) is 17.9 Å². The molecule has 2 N–H and O–H groups in total. The fraction of sp³-hybridized carbons (Fsp3) is 0.579. The molecular formula is C19H24O6. The van der Waals surface area contributed by atoms with Crippen molar-refractivity contribution in [3.63, 3.8) is 0 Å². The topological polar surface area (TPSA) is 93.1 Å². The minimum Gasteiger partial charge on any atom is -0.461 e. The van der Waals surface area contributed by atoms with E-state index in [1.54, 1.807) is 6.92 Å². The molecule has 0 unspecified atom stereocenters. The highest BCUT2D eigenvalue weighted by Crippen LogP contribution is 2.52. The van der Waals surface area contributed by atoms with Gasteiger partial charge in [-0.1, -0.05) is 25.3 Å². The Morgan fingerprint density at radius 2 is 2.04 bits per heavy atom. The summed E-state index contributed by atoms with van der Waals surface area (Å²) in [6.07, 6.45) is -1.02. The summed E-state index contributed by atoms with van der Waals surface area (Å²) in [5, 5.41) is 19.4. The fourth-order valence-electron chi connectivity index (χ4n) is 4.21. The Balaban J connectivity index is 1.95. The third-order valence-electron chi connectivity index (χ3n) is 5.71. The number of fused-ring (bicyclic) bond motifs is 3. The molecule has 1 aliphatic heterocycles. The summed E-state index contributed by atoms with van der Waals surface area (Å²) in [7, 11) is 0. The summed E-state index contributed by atoms with van der Waals surface area (Å²) in [6, 6.07) is 0.